The molecule has 0 bridgehead atoms. The second kappa shape index (κ2) is 8.81. The zero-order chi connectivity index (χ0) is 19.2. The molecule has 0 saturated carbocycles. The third-order valence-corrected chi connectivity index (χ3v) is 4.72. The van der Waals surface area contributed by atoms with Crippen LogP contribution < -0.4 is 0 Å². The van der Waals surface area contributed by atoms with E-state index >= 15 is 0 Å². The molecule has 1 aromatic carbocycles. The zero-order valence-electron chi connectivity index (χ0n) is 17.4. The highest BCUT2D eigenvalue weighted by atomic mass is 16.5. The average Bonchev–Trinajstić information content (AvgIpc) is 2.57. The van der Waals surface area contributed by atoms with Gasteiger partial charge in [0, 0.05) is 19.0 Å². The molecule has 0 aliphatic carbocycles. The lowest BCUT2D eigenvalue weighted by Gasteiger charge is -2.26. The molecule has 26 heavy (non-hydrogen) atoms. The number of nitrogens with zero attached hydrogens (tertiary/aromatic N) is 1. The zero-order valence-corrected chi connectivity index (χ0v) is 17.4. The van der Waals surface area contributed by atoms with Crippen LogP contribution in [0, 0.1) is 0 Å². The van der Waals surface area contributed by atoms with Crippen LogP contribution >= 0.6 is 0 Å². The van der Waals surface area contributed by atoms with Crippen molar-refractivity contribution in [3.05, 3.63) is 65.0 Å². The Morgan fingerprint density at radius 3 is 2.04 bits per heavy atom. The molecule has 0 radical (unpaired) electrons. The van der Waals surface area contributed by atoms with Gasteiger partial charge in [0.15, 0.2) is 0 Å². The highest BCUT2D eigenvalue weighted by Crippen LogP contribution is 2.30. The van der Waals surface area contributed by atoms with Gasteiger partial charge in [0.25, 0.3) is 0 Å². The minimum absolute atomic E-state index is 0.153. The van der Waals surface area contributed by atoms with Crippen LogP contribution in [0.5, 0.6) is 0 Å². The standard InChI is InChI=1S/C24H35NO/c1-23(2,3)21-14-20(15-22(16-21)24(4,5)6)18-26-13-8-7-10-19-11-9-12-25-17-19/h9,11-12,14-17H,7-8,10,13,18H2,1-6H3. The van der Waals surface area contributed by atoms with Crippen molar-refractivity contribution < 1.29 is 4.74 Å². The number of aromatic nitrogens is 1. The number of rotatable bonds is 7. The molecule has 2 aromatic rings. The van der Waals surface area contributed by atoms with Gasteiger partial charge in [-0.15, -0.1) is 0 Å². The summed E-state index contributed by atoms with van der Waals surface area (Å²) in [6, 6.07) is 11.1. The van der Waals surface area contributed by atoms with E-state index in [4.69, 9.17) is 4.74 Å². The van der Waals surface area contributed by atoms with Crippen molar-refractivity contribution in [2.75, 3.05) is 6.61 Å². The lowest BCUT2D eigenvalue weighted by atomic mass is 9.79. The van der Waals surface area contributed by atoms with Crippen molar-refractivity contribution in [3.63, 3.8) is 0 Å². The fourth-order valence-electron chi connectivity index (χ4n) is 2.91. The van der Waals surface area contributed by atoms with Gasteiger partial charge < -0.3 is 4.74 Å². The monoisotopic (exact) mass is 353 g/mol. The molecular formula is C24H35NO. The van der Waals surface area contributed by atoms with Gasteiger partial charge >= 0.3 is 0 Å². The summed E-state index contributed by atoms with van der Waals surface area (Å²) in [4.78, 5) is 4.16. The van der Waals surface area contributed by atoms with Crippen LogP contribution in [0.4, 0.5) is 0 Å². The van der Waals surface area contributed by atoms with Gasteiger partial charge in [-0.25, -0.2) is 0 Å². The van der Waals surface area contributed by atoms with Gasteiger partial charge in [-0.2, -0.15) is 0 Å². The summed E-state index contributed by atoms with van der Waals surface area (Å²) in [5.41, 5.74) is 5.68. The van der Waals surface area contributed by atoms with Crippen LogP contribution in [0.25, 0.3) is 0 Å². The fraction of sp³-hybridized carbons (Fsp3) is 0.542. The Labute approximate surface area is 160 Å². The molecule has 0 N–H and O–H groups in total. The Morgan fingerprint density at radius 2 is 1.50 bits per heavy atom. The second-order valence-corrected chi connectivity index (χ2v) is 9.29. The minimum Gasteiger partial charge on any atom is -0.377 e. The Kier molecular flexibility index (Phi) is 7.00. The molecule has 0 aliphatic rings. The first kappa shape index (κ1) is 20.6. The lowest BCUT2D eigenvalue weighted by Crippen LogP contribution is -2.17. The molecule has 0 fully saturated rings. The maximum absolute atomic E-state index is 5.98. The van der Waals surface area contributed by atoms with Crippen molar-refractivity contribution in [2.24, 2.45) is 0 Å². The van der Waals surface area contributed by atoms with Crippen LogP contribution in [0.15, 0.2) is 42.7 Å². The first-order valence-corrected chi connectivity index (χ1v) is 9.78. The van der Waals surface area contributed by atoms with Gasteiger partial charge in [0.2, 0.25) is 0 Å². The normalized spacial score (nSPS) is 12.4. The third kappa shape index (κ3) is 6.57. The third-order valence-electron chi connectivity index (χ3n) is 4.72. The quantitative estimate of drug-likeness (QED) is 0.552. The smallest absolute Gasteiger partial charge is 0.0717 e. The van der Waals surface area contributed by atoms with Crippen molar-refractivity contribution in [3.8, 4) is 0 Å². The van der Waals surface area contributed by atoms with Gasteiger partial charge in [-0.05, 0) is 58.4 Å². The molecule has 0 amide bonds. The summed E-state index contributed by atoms with van der Waals surface area (Å²) in [5.74, 6) is 0. The van der Waals surface area contributed by atoms with E-state index < -0.39 is 0 Å². The van der Waals surface area contributed by atoms with E-state index in [-0.39, 0.29) is 10.8 Å². The van der Waals surface area contributed by atoms with Gasteiger partial charge in [0.05, 0.1) is 6.61 Å². The maximum Gasteiger partial charge on any atom is 0.0717 e. The molecule has 2 rings (SSSR count). The molecule has 0 atom stereocenters. The Balaban J connectivity index is 1.88. The van der Waals surface area contributed by atoms with Crippen molar-refractivity contribution in [2.45, 2.75) is 78.2 Å². The van der Waals surface area contributed by atoms with Crippen molar-refractivity contribution in [1.82, 2.24) is 4.98 Å². The van der Waals surface area contributed by atoms with Crippen LogP contribution in [-0.4, -0.2) is 11.6 Å². The second-order valence-electron chi connectivity index (χ2n) is 9.29. The molecule has 142 valence electrons. The molecule has 2 nitrogen and oxygen atoms in total. The average molecular weight is 354 g/mol. The molecule has 1 aromatic heterocycles. The summed E-state index contributed by atoms with van der Waals surface area (Å²) in [7, 11) is 0. The number of pyridine rings is 1. The molecule has 0 saturated heterocycles. The number of benzene rings is 1. The van der Waals surface area contributed by atoms with Crippen LogP contribution in [0.1, 0.15) is 76.6 Å². The predicted octanol–water partition coefficient (Wildman–Crippen LogP) is 6.22. The summed E-state index contributed by atoms with van der Waals surface area (Å²) >= 11 is 0. The van der Waals surface area contributed by atoms with E-state index in [1.165, 1.54) is 22.3 Å². The Morgan fingerprint density at radius 1 is 0.846 bits per heavy atom. The van der Waals surface area contributed by atoms with Crippen molar-refractivity contribution >= 4 is 0 Å². The summed E-state index contributed by atoms with van der Waals surface area (Å²) in [6.07, 6.45) is 7.07. The highest BCUT2D eigenvalue weighted by Gasteiger charge is 2.20. The Bertz CT molecular complexity index is 645. The van der Waals surface area contributed by atoms with Crippen LogP contribution in [0.3, 0.4) is 0 Å². The number of unbranched alkanes of at least 4 members (excludes halogenated alkanes) is 1. The van der Waals surface area contributed by atoms with Gasteiger partial charge in [-0.1, -0.05) is 65.8 Å². The number of aryl methyl sites for hydroxylation is 1. The topological polar surface area (TPSA) is 22.1 Å². The molecule has 0 aliphatic heterocycles. The fourth-order valence-corrected chi connectivity index (χ4v) is 2.91. The van der Waals surface area contributed by atoms with Crippen molar-refractivity contribution in [1.29, 1.82) is 0 Å². The van der Waals surface area contributed by atoms with Gasteiger partial charge in [0.1, 0.15) is 0 Å². The van der Waals surface area contributed by atoms with E-state index in [2.05, 4.69) is 70.8 Å². The number of hydrogen-bond acceptors (Lipinski definition) is 2. The SMILES string of the molecule is CC(C)(C)c1cc(COCCCCc2cccnc2)cc(C(C)(C)C)c1. The lowest BCUT2D eigenvalue weighted by molar-refractivity contribution is 0.117. The maximum atomic E-state index is 5.98. The molecular weight excluding hydrogens is 318 g/mol. The minimum atomic E-state index is 0.153. The van der Waals surface area contributed by atoms with E-state index in [0.29, 0.717) is 6.61 Å². The molecule has 0 spiro atoms. The summed E-state index contributed by atoms with van der Waals surface area (Å²) < 4.78 is 5.98. The van der Waals surface area contributed by atoms with Gasteiger partial charge in [-0.3, -0.25) is 4.98 Å². The number of ether oxygens (including phenoxy) is 1. The summed E-state index contributed by atoms with van der Waals surface area (Å²) in [5, 5.41) is 0. The number of hydrogen-bond donors (Lipinski definition) is 0. The molecule has 1 heterocycles. The van der Waals surface area contributed by atoms with E-state index in [1.54, 1.807) is 0 Å². The Hall–Kier alpha value is -1.67. The molecule has 2 heteroatoms. The molecule has 0 unspecified atom stereocenters. The predicted molar refractivity (Wildman–Crippen MR) is 111 cm³/mol. The van der Waals surface area contributed by atoms with Crippen LogP contribution in [0.2, 0.25) is 0 Å². The van der Waals surface area contributed by atoms with E-state index in [1.807, 2.05) is 18.5 Å². The van der Waals surface area contributed by atoms with E-state index in [9.17, 15) is 0 Å². The highest BCUT2D eigenvalue weighted by molar-refractivity contribution is 5.37. The largest absolute Gasteiger partial charge is 0.377 e. The van der Waals surface area contributed by atoms with Crippen LogP contribution in [-0.2, 0) is 28.6 Å². The van der Waals surface area contributed by atoms with E-state index in [0.717, 1.165) is 25.9 Å². The summed E-state index contributed by atoms with van der Waals surface area (Å²) in [6.45, 7) is 15.2. The first-order valence-electron chi connectivity index (χ1n) is 9.78. The first-order chi connectivity index (χ1) is 12.2.